The van der Waals surface area contributed by atoms with Crippen molar-refractivity contribution in [1.82, 2.24) is 0 Å². The van der Waals surface area contributed by atoms with Crippen molar-refractivity contribution in [3.8, 4) is 0 Å². The number of benzene rings is 1. The molecule has 0 saturated heterocycles. The van der Waals surface area contributed by atoms with Gasteiger partial charge in [-0.15, -0.1) is 0 Å². The molecule has 1 aromatic rings. The monoisotopic (exact) mass is 302 g/mol. The van der Waals surface area contributed by atoms with Crippen molar-refractivity contribution in [2.24, 2.45) is 11.8 Å². The lowest BCUT2D eigenvalue weighted by atomic mass is 10.0. The third-order valence-corrected chi connectivity index (χ3v) is 3.74. The van der Waals surface area contributed by atoms with E-state index in [1.807, 2.05) is 0 Å². The quantitative estimate of drug-likeness (QED) is 0.851. The summed E-state index contributed by atoms with van der Waals surface area (Å²) < 4.78 is 1.25. The number of rotatable bonds is 3. The maximum Gasteiger partial charge on any atom is 0.0611 e. The van der Waals surface area contributed by atoms with Gasteiger partial charge in [0.15, 0.2) is 0 Å². The first-order chi connectivity index (χ1) is 6.66. The summed E-state index contributed by atoms with van der Waals surface area (Å²) >= 11 is 2.30. The van der Waals surface area contributed by atoms with Crippen LogP contribution in [0.1, 0.15) is 18.9 Å². The van der Waals surface area contributed by atoms with Gasteiger partial charge >= 0.3 is 0 Å². The first kappa shape index (κ1) is 10.4. The molecule has 1 fully saturated rings. The molecule has 0 radical (unpaired) electrons. The minimum atomic E-state index is -0.134. The highest BCUT2D eigenvalue weighted by Crippen LogP contribution is 2.41. The fraction of sp³-hybridized carbons (Fsp3) is 0.500. The predicted molar refractivity (Wildman–Crippen MR) is 66.1 cm³/mol. The van der Waals surface area contributed by atoms with Gasteiger partial charge < -0.3 is 5.11 Å². The van der Waals surface area contributed by atoms with E-state index in [9.17, 15) is 5.11 Å². The van der Waals surface area contributed by atoms with Gasteiger partial charge in [-0.1, -0.05) is 19.1 Å². The molecule has 14 heavy (non-hydrogen) atoms. The van der Waals surface area contributed by atoms with E-state index in [4.69, 9.17) is 0 Å². The highest BCUT2D eigenvalue weighted by Gasteiger charge is 2.38. The molecule has 2 heteroatoms. The topological polar surface area (TPSA) is 20.2 Å². The van der Waals surface area contributed by atoms with E-state index in [-0.39, 0.29) is 6.10 Å². The van der Waals surface area contributed by atoms with Gasteiger partial charge in [0.25, 0.3) is 0 Å². The molecule has 2 rings (SSSR count). The Morgan fingerprint density at radius 2 is 2.00 bits per heavy atom. The molecule has 0 amide bonds. The molecule has 1 aliphatic carbocycles. The van der Waals surface area contributed by atoms with Crippen molar-refractivity contribution in [3.05, 3.63) is 33.4 Å². The fourth-order valence-corrected chi connectivity index (χ4v) is 2.26. The van der Waals surface area contributed by atoms with Gasteiger partial charge in [0, 0.05) is 3.57 Å². The van der Waals surface area contributed by atoms with Crippen LogP contribution in [0.2, 0.25) is 0 Å². The average molecular weight is 302 g/mol. The standard InChI is InChI=1S/C12H15IO/c1-8-6-11(8)12(14)7-9-2-4-10(13)5-3-9/h2-5,8,11-12,14H,6-7H2,1H3. The van der Waals surface area contributed by atoms with Crippen molar-refractivity contribution in [1.29, 1.82) is 0 Å². The first-order valence-electron chi connectivity index (χ1n) is 5.09. The van der Waals surface area contributed by atoms with Crippen LogP contribution in [0.5, 0.6) is 0 Å². The Morgan fingerprint density at radius 1 is 1.43 bits per heavy atom. The molecule has 0 aromatic heterocycles. The van der Waals surface area contributed by atoms with Gasteiger partial charge in [0.05, 0.1) is 6.10 Å². The summed E-state index contributed by atoms with van der Waals surface area (Å²) in [7, 11) is 0. The van der Waals surface area contributed by atoms with E-state index < -0.39 is 0 Å². The molecule has 1 nitrogen and oxygen atoms in total. The molecule has 0 bridgehead atoms. The second kappa shape index (κ2) is 4.19. The van der Waals surface area contributed by atoms with Gasteiger partial charge in [-0.05, 0) is 65.0 Å². The highest BCUT2D eigenvalue weighted by molar-refractivity contribution is 14.1. The molecule has 0 aliphatic heterocycles. The Bertz CT molecular complexity index is 307. The Morgan fingerprint density at radius 3 is 2.50 bits per heavy atom. The van der Waals surface area contributed by atoms with Crippen LogP contribution in [0.3, 0.4) is 0 Å². The minimum Gasteiger partial charge on any atom is -0.392 e. The van der Waals surface area contributed by atoms with E-state index >= 15 is 0 Å². The molecular formula is C12H15IO. The molecule has 0 heterocycles. The largest absolute Gasteiger partial charge is 0.392 e. The number of aliphatic hydroxyl groups excluding tert-OH is 1. The Labute approximate surface area is 98.7 Å². The van der Waals surface area contributed by atoms with E-state index in [1.54, 1.807) is 0 Å². The first-order valence-corrected chi connectivity index (χ1v) is 6.17. The van der Waals surface area contributed by atoms with Crippen molar-refractivity contribution in [2.75, 3.05) is 0 Å². The zero-order chi connectivity index (χ0) is 10.1. The lowest BCUT2D eigenvalue weighted by molar-refractivity contribution is 0.146. The smallest absolute Gasteiger partial charge is 0.0611 e. The van der Waals surface area contributed by atoms with Crippen LogP contribution >= 0.6 is 22.6 Å². The minimum absolute atomic E-state index is 0.134. The summed E-state index contributed by atoms with van der Waals surface area (Å²) in [6, 6.07) is 8.41. The summed E-state index contributed by atoms with van der Waals surface area (Å²) in [6.45, 7) is 2.21. The second-order valence-electron chi connectivity index (χ2n) is 4.27. The van der Waals surface area contributed by atoms with Gasteiger partial charge in [0.1, 0.15) is 0 Å². The van der Waals surface area contributed by atoms with Crippen molar-refractivity contribution in [3.63, 3.8) is 0 Å². The molecule has 1 aromatic carbocycles. The van der Waals surface area contributed by atoms with E-state index in [0.717, 1.165) is 12.3 Å². The predicted octanol–water partition coefficient (Wildman–Crippen LogP) is 2.85. The van der Waals surface area contributed by atoms with Crippen LogP contribution < -0.4 is 0 Å². The van der Waals surface area contributed by atoms with Gasteiger partial charge in [0.2, 0.25) is 0 Å². The highest BCUT2D eigenvalue weighted by atomic mass is 127. The van der Waals surface area contributed by atoms with Crippen LogP contribution in [-0.2, 0) is 6.42 Å². The molecule has 1 N–H and O–H groups in total. The van der Waals surface area contributed by atoms with Crippen molar-refractivity contribution < 1.29 is 5.11 Å². The Balaban J connectivity index is 1.93. The SMILES string of the molecule is CC1CC1C(O)Cc1ccc(I)cc1. The number of hydrogen-bond donors (Lipinski definition) is 1. The normalized spacial score (nSPS) is 27.4. The molecule has 3 atom stereocenters. The summed E-state index contributed by atoms with van der Waals surface area (Å²) in [4.78, 5) is 0. The second-order valence-corrected chi connectivity index (χ2v) is 5.52. The van der Waals surface area contributed by atoms with Crippen LogP contribution in [-0.4, -0.2) is 11.2 Å². The molecular weight excluding hydrogens is 287 g/mol. The summed E-state index contributed by atoms with van der Waals surface area (Å²) in [6.07, 6.45) is 1.88. The molecule has 1 aliphatic rings. The zero-order valence-corrected chi connectivity index (χ0v) is 10.4. The third-order valence-electron chi connectivity index (χ3n) is 3.02. The Kier molecular flexibility index (Phi) is 3.12. The Hall–Kier alpha value is -0.0900. The molecule has 3 unspecified atom stereocenters. The van der Waals surface area contributed by atoms with Crippen LogP contribution in [0.4, 0.5) is 0 Å². The van der Waals surface area contributed by atoms with Crippen LogP contribution in [0.15, 0.2) is 24.3 Å². The summed E-state index contributed by atoms with van der Waals surface area (Å²) in [5.74, 6) is 1.28. The van der Waals surface area contributed by atoms with Crippen LogP contribution in [0, 0.1) is 15.4 Å². The summed E-state index contributed by atoms with van der Waals surface area (Å²) in [5, 5.41) is 9.88. The number of aliphatic hydroxyl groups is 1. The van der Waals surface area contributed by atoms with Gasteiger partial charge in [-0.2, -0.15) is 0 Å². The average Bonchev–Trinajstić information content (AvgIpc) is 2.87. The molecule has 0 spiro atoms. The number of hydrogen-bond acceptors (Lipinski definition) is 1. The van der Waals surface area contributed by atoms with E-state index in [1.165, 1.54) is 15.6 Å². The lowest BCUT2D eigenvalue weighted by Gasteiger charge is -2.09. The maximum absolute atomic E-state index is 9.88. The van der Waals surface area contributed by atoms with Gasteiger partial charge in [-0.3, -0.25) is 0 Å². The third kappa shape index (κ3) is 2.48. The zero-order valence-electron chi connectivity index (χ0n) is 8.28. The fourth-order valence-electron chi connectivity index (χ4n) is 1.90. The van der Waals surface area contributed by atoms with Crippen molar-refractivity contribution >= 4 is 22.6 Å². The van der Waals surface area contributed by atoms with E-state index in [2.05, 4.69) is 53.8 Å². The van der Waals surface area contributed by atoms with Crippen LogP contribution in [0.25, 0.3) is 0 Å². The van der Waals surface area contributed by atoms with Crippen molar-refractivity contribution in [2.45, 2.75) is 25.9 Å². The summed E-state index contributed by atoms with van der Waals surface area (Å²) in [5.41, 5.74) is 1.25. The molecule has 76 valence electrons. The maximum atomic E-state index is 9.88. The van der Waals surface area contributed by atoms with E-state index in [0.29, 0.717) is 5.92 Å². The lowest BCUT2D eigenvalue weighted by Crippen LogP contribution is -2.13. The van der Waals surface area contributed by atoms with Gasteiger partial charge in [-0.25, -0.2) is 0 Å². The molecule has 1 saturated carbocycles. The number of halogens is 1.